The zero-order chi connectivity index (χ0) is 13.4. The predicted octanol–water partition coefficient (Wildman–Crippen LogP) is 2.37. The molecule has 0 bridgehead atoms. The number of nitrogens with zero attached hydrogens (tertiary/aromatic N) is 5. The molecular formula is C12H14N6S. The van der Waals surface area contributed by atoms with Gasteiger partial charge in [0.2, 0.25) is 5.65 Å². The van der Waals surface area contributed by atoms with Crippen LogP contribution in [-0.4, -0.2) is 24.6 Å². The number of hydrogen-bond acceptors (Lipinski definition) is 6. The first-order valence-corrected chi connectivity index (χ1v) is 6.88. The molecule has 0 fully saturated rings. The van der Waals surface area contributed by atoms with Crippen molar-refractivity contribution < 1.29 is 0 Å². The Morgan fingerprint density at radius 1 is 1.32 bits per heavy atom. The van der Waals surface area contributed by atoms with Crippen molar-refractivity contribution in [3.63, 3.8) is 0 Å². The van der Waals surface area contributed by atoms with E-state index in [1.165, 1.54) is 0 Å². The van der Waals surface area contributed by atoms with Gasteiger partial charge in [0.15, 0.2) is 5.82 Å². The van der Waals surface area contributed by atoms with Gasteiger partial charge in [-0.05, 0) is 20.8 Å². The van der Waals surface area contributed by atoms with Gasteiger partial charge in [-0.3, -0.25) is 4.40 Å². The van der Waals surface area contributed by atoms with E-state index < -0.39 is 0 Å². The molecule has 0 aliphatic rings. The number of nitrogens with one attached hydrogen (secondary N) is 1. The Balaban J connectivity index is 1.93. The van der Waals surface area contributed by atoms with Crippen molar-refractivity contribution in [1.82, 2.24) is 24.6 Å². The summed E-state index contributed by atoms with van der Waals surface area (Å²) in [5.74, 6) is 1.57. The second-order valence-electron chi connectivity index (χ2n) is 4.41. The number of hydrogen-bond donors (Lipinski definition) is 1. The van der Waals surface area contributed by atoms with Gasteiger partial charge in [-0.1, -0.05) is 0 Å². The van der Waals surface area contributed by atoms with E-state index >= 15 is 0 Å². The number of thiazole rings is 1. The first kappa shape index (κ1) is 12.0. The Labute approximate surface area is 114 Å². The Morgan fingerprint density at radius 2 is 2.16 bits per heavy atom. The largest absolute Gasteiger partial charge is 0.358 e. The summed E-state index contributed by atoms with van der Waals surface area (Å²) in [5, 5.41) is 14.6. The molecule has 3 aromatic rings. The minimum atomic E-state index is 0.0920. The summed E-state index contributed by atoms with van der Waals surface area (Å²) in [6.45, 7) is 5.97. The number of aryl methyl sites for hydroxylation is 2. The molecule has 0 saturated carbocycles. The van der Waals surface area contributed by atoms with Crippen LogP contribution in [0.5, 0.6) is 0 Å². The van der Waals surface area contributed by atoms with Crippen LogP contribution in [0.2, 0.25) is 0 Å². The van der Waals surface area contributed by atoms with E-state index in [4.69, 9.17) is 0 Å². The molecular weight excluding hydrogens is 260 g/mol. The van der Waals surface area contributed by atoms with Gasteiger partial charge in [0.05, 0.1) is 6.04 Å². The van der Waals surface area contributed by atoms with E-state index in [1.807, 2.05) is 29.8 Å². The van der Waals surface area contributed by atoms with Gasteiger partial charge in [0.1, 0.15) is 10.8 Å². The van der Waals surface area contributed by atoms with Gasteiger partial charge in [0, 0.05) is 23.5 Å². The van der Waals surface area contributed by atoms with Crippen molar-refractivity contribution in [1.29, 1.82) is 0 Å². The van der Waals surface area contributed by atoms with E-state index in [-0.39, 0.29) is 6.04 Å². The third kappa shape index (κ3) is 2.17. The Morgan fingerprint density at radius 3 is 2.89 bits per heavy atom. The number of fused-ring (bicyclic) bond motifs is 1. The maximum Gasteiger partial charge on any atom is 0.203 e. The molecule has 1 N–H and O–H groups in total. The maximum absolute atomic E-state index is 4.48. The van der Waals surface area contributed by atoms with Crippen molar-refractivity contribution in [3.05, 3.63) is 34.3 Å². The fourth-order valence-electron chi connectivity index (χ4n) is 1.88. The van der Waals surface area contributed by atoms with Crippen LogP contribution < -0.4 is 5.32 Å². The smallest absolute Gasteiger partial charge is 0.203 e. The highest BCUT2D eigenvalue weighted by Crippen LogP contribution is 2.23. The first-order chi connectivity index (χ1) is 9.15. The normalized spacial score (nSPS) is 12.8. The molecule has 3 rings (SSSR count). The van der Waals surface area contributed by atoms with Gasteiger partial charge in [0.25, 0.3) is 0 Å². The van der Waals surface area contributed by atoms with Gasteiger partial charge >= 0.3 is 0 Å². The molecule has 6 nitrogen and oxygen atoms in total. The zero-order valence-electron chi connectivity index (χ0n) is 11.0. The molecule has 1 unspecified atom stereocenters. The van der Waals surface area contributed by atoms with Crippen LogP contribution in [0.25, 0.3) is 5.65 Å². The van der Waals surface area contributed by atoms with Crippen LogP contribution in [0.15, 0.2) is 17.8 Å². The average molecular weight is 274 g/mol. The third-order valence-corrected chi connectivity index (χ3v) is 4.00. The summed E-state index contributed by atoms with van der Waals surface area (Å²) in [6.07, 6.45) is 3.60. The topological polar surface area (TPSA) is 68.0 Å². The molecule has 19 heavy (non-hydrogen) atoms. The first-order valence-electron chi connectivity index (χ1n) is 6.00. The van der Waals surface area contributed by atoms with Gasteiger partial charge in [-0.15, -0.1) is 21.5 Å². The standard InChI is InChI=1S/C12H14N6S/c1-7-6-19-12(14-7)8(2)15-10-11-17-16-9(3)18(11)5-4-13-10/h4-6,8H,1-3H3,(H,13,15). The highest BCUT2D eigenvalue weighted by Gasteiger charge is 2.13. The summed E-state index contributed by atoms with van der Waals surface area (Å²) >= 11 is 1.64. The molecule has 0 radical (unpaired) electrons. The number of rotatable bonds is 3. The summed E-state index contributed by atoms with van der Waals surface area (Å²) < 4.78 is 1.91. The van der Waals surface area contributed by atoms with Gasteiger partial charge in [-0.2, -0.15) is 0 Å². The van der Waals surface area contributed by atoms with Crippen molar-refractivity contribution in [2.75, 3.05) is 5.32 Å². The second-order valence-corrected chi connectivity index (χ2v) is 5.30. The Kier molecular flexibility index (Phi) is 2.90. The fourth-order valence-corrected chi connectivity index (χ4v) is 2.68. The summed E-state index contributed by atoms with van der Waals surface area (Å²) in [4.78, 5) is 8.81. The number of aromatic nitrogens is 5. The SMILES string of the molecule is Cc1csc(C(C)Nc2nccn3c(C)nnc23)n1. The Bertz CT molecular complexity index is 716. The highest BCUT2D eigenvalue weighted by atomic mass is 32.1. The minimum absolute atomic E-state index is 0.0920. The predicted molar refractivity (Wildman–Crippen MR) is 74.4 cm³/mol. The quantitative estimate of drug-likeness (QED) is 0.794. The molecule has 0 aliphatic carbocycles. The van der Waals surface area contributed by atoms with E-state index in [1.54, 1.807) is 17.5 Å². The summed E-state index contributed by atoms with van der Waals surface area (Å²) in [5.41, 5.74) is 1.78. The third-order valence-electron chi connectivity index (χ3n) is 2.86. The van der Waals surface area contributed by atoms with E-state index in [0.717, 1.165) is 28.0 Å². The monoisotopic (exact) mass is 274 g/mol. The lowest BCUT2D eigenvalue weighted by atomic mass is 10.3. The van der Waals surface area contributed by atoms with E-state index in [0.29, 0.717) is 0 Å². The minimum Gasteiger partial charge on any atom is -0.358 e. The molecule has 3 heterocycles. The van der Waals surface area contributed by atoms with Crippen LogP contribution in [0.4, 0.5) is 5.82 Å². The molecule has 1 atom stereocenters. The van der Waals surface area contributed by atoms with E-state index in [9.17, 15) is 0 Å². The fraction of sp³-hybridized carbons (Fsp3) is 0.333. The van der Waals surface area contributed by atoms with Gasteiger partial charge < -0.3 is 5.32 Å². The van der Waals surface area contributed by atoms with Crippen LogP contribution in [-0.2, 0) is 0 Å². The lowest BCUT2D eigenvalue weighted by molar-refractivity contribution is 0.853. The Hall–Kier alpha value is -2.02. The second kappa shape index (κ2) is 4.58. The molecule has 0 spiro atoms. The van der Waals surface area contributed by atoms with Crippen molar-refractivity contribution in [3.8, 4) is 0 Å². The van der Waals surface area contributed by atoms with Gasteiger partial charge in [-0.25, -0.2) is 9.97 Å². The van der Waals surface area contributed by atoms with Crippen molar-refractivity contribution in [2.24, 2.45) is 0 Å². The molecule has 7 heteroatoms. The lowest BCUT2D eigenvalue weighted by Crippen LogP contribution is -2.09. The highest BCUT2D eigenvalue weighted by molar-refractivity contribution is 7.09. The summed E-state index contributed by atoms with van der Waals surface area (Å²) in [7, 11) is 0. The summed E-state index contributed by atoms with van der Waals surface area (Å²) in [6, 6.07) is 0.0920. The molecule has 3 aromatic heterocycles. The maximum atomic E-state index is 4.48. The molecule has 0 saturated heterocycles. The van der Waals surface area contributed by atoms with Crippen LogP contribution in [0.1, 0.15) is 29.5 Å². The molecule has 98 valence electrons. The van der Waals surface area contributed by atoms with Crippen LogP contribution in [0.3, 0.4) is 0 Å². The van der Waals surface area contributed by atoms with Crippen molar-refractivity contribution in [2.45, 2.75) is 26.8 Å². The number of anilines is 1. The van der Waals surface area contributed by atoms with Crippen LogP contribution >= 0.6 is 11.3 Å². The van der Waals surface area contributed by atoms with Crippen molar-refractivity contribution >= 4 is 22.8 Å². The zero-order valence-corrected chi connectivity index (χ0v) is 11.8. The molecule has 0 amide bonds. The average Bonchev–Trinajstić information content (AvgIpc) is 2.98. The van der Waals surface area contributed by atoms with Crippen LogP contribution in [0, 0.1) is 13.8 Å². The van der Waals surface area contributed by atoms with E-state index in [2.05, 4.69) is 32.4 Å². The molecule has 0 aromatic carbocycles. The lowest BCUT2D eigenvalue weighted by Gasteiger charge is -2.12. The molecule has 0 aliphatic heterocycles.